The van der Waals surface area contributed by atoms with Gasteiger partial charge in [-0.05, 0) is 36.6 Å². The van der Waals surface area contributed by atoms with E-state index in [1.807, 2.05) is 19.9 Å². The lowest BCUT2D eigenvalue weighted by Crippen LogP contribution is -2.32. The van der Waals surface area contributed by atoms with Gasteiger partial charge in [0.2, 0.25) is 0 Å². The van der Waals surface area contributed by atoms with E-state index >= 15 is 0 Å². The van der Waals surface area contributed by atoms with Crippen molar-refractivity contribution in [3.05, 3.63) is 29.3 Å². The highest BCUT2D eigenvalue weighted by molar-refractivity contribution is 6.10. The molecule has 1 aliphatic rings. The van der Waals surface area contributed by atoms with Gasteiger partial charge in [-0.25, -0.2) is 0 Å². The highest BCUT2D eigenvalue weighted by atomic mass is 16.6. The first kappa shape index (κ1) is 12.8. The van der Waals surface area contributed by atoms with Crippen molar-refractivity contribution in [1.29, 1.82) is 0 Å². The third kappa shape index (κ3) is 2.16. The molecule has 96 valence electrons. The highest BCUT2D eigenvalue weighted by Crippen LogP contribution is 2.33. The molecule has 2 atom stereocenters. The van der Waals surface area contributed by atoms with Gasteiger partial charge in [-0.15, -0.1) is 0 Å². The lowest BCUT2D eigenvalue weighted by molar-refractivity contribution is -0.134. The summed E-state index contributed by atoms with van der Waals surface area (Å²) in [6, 6.07) is 5.23. The summed E-state index contributed by atoms with van der Waals surface area (Å²) in [5.41, 5.74) is 1.64. The van der Waals surface area contributed by atoms with Crippen LogP contribution in [0.25, 0.3) is 0 Å². The third-order valence-electron chi connectivity index (χ3n) is 3.61. The molecule has 18 heavy (non-hydrogen) atoms. The molecule has 0 aromatic heterocycles. The van der Waals surface area contributed by atoms with E-state index in [-0.39, 0.29) is 17.5 Å². The van der Waals surface area contributed by atoms with E-state index in [0.29, 0.717) is 18.6 Å². The molecule has 4 nitrogen and oxygen atoms in total. The Morgan fingerprint density at radius 1 is 1.33 bits per heavy atom. The lowest BCUT2D eigenvalue weighted by atomic mass is 9.75. The first-order valence-electron chi connectivity index (χ1n) is 6.08. The van der Waals surface area contributed by atoms with Crippen LogP contribution in [0, 0.1) is 12.8 Å². The van der Waals surface area contributed by atoms with Gasteiger partial charge in [0.1, 0.15) is 17.5 Å². The van der Waals surface area contributed by atoms with Crippen molar-refractivity contribution < 1.29 is 14.4 Å². The van der Waals surface area contributed by atoms with Crippen LogP contribution in [0.2, 0.25) is 0 Å². The van der Waals surface area contributed by atoms with Crippen LogP contribution in [0.1, 0.15) is 36.8 Å². The number of ketones is 2. The summed E-state index contributed by atoms with van der Waals surface area (Å²) in [4.78, 5) is 28.9. The van der Waals surface area contributed by atoms with Gasteiger partial charge >= 0.3 is 0 Å². The zero-order valence-electron chi connectivity index (χ0n) is 10.6. The quantitative estimate of drug-likeness (QED) is 0.640. The fourth-order valence-electron chi connectivity index (χ4n) is 2.42. The first-order chi connectivity index (χ1) is 8.54. The summed E-state index contributed by atoms with van der Waals surface area (Å²) in [6.07, 6.45) is 1.12. The topological polar surface area (TPSA) is 69.4 Å². The van der Waals surface area contributed by atoms with Gasteiger partial charge in [-0.3, -0.25) is 9.59 Å². The summed E-state index contributed by atoms with van der Waals surface area (Å²) < 4.78 is 0. The summed E-state index contributed by atoms with van der Waals surface area (Å²) in [5, 5.41) is 0. The van der Waals surface area contributed by atoms with Crippen molar-refractivity contribution in [3.63, 3.8) is 0 Å². The van der Waals surface area contributed by atoms with Crippen molar-refractivity contribution in [3.8, 4) is 5.75 Å². The molecule has 2 rings (SSSR count). The Kier molecular flexibility index (Phi) is 3.48. The number of carbonyl (C=O) groups excluding carboxylic acids is 2. The molecule has 0 amide bonds. The smallest absolute Gasteiger partial charge is 0.150 e. The van der Waals surface area contributed by atoms with Gasteiger partial charge in [-0.1, -0.05) is 13.0 Å². The minimum absolute atomic E-state index is 0.00326. The average Bonchev–Trinajstić information content (AvgIpc) is 2.36. The van der Waals surface area contributed by atoms with Crippen LogP contribution >= 0.6 is 0 Å². The fraction of sp³-hybridized carbons (Fsp3) is 0.429. The van der Waals surface area contributed by atoms with Crippen LogP contribution in [0.5, 0.6) is 5.75 Å². The Bertz CT molecular complexity index is 496. The van der Waals surface area contributed by atoms with Crippen molar-refractivity contribution in [1.82, 2.24) is 0 Å². The number of nitrogens with two attached hydrogens (primary N) is 1. The molecule has 4 heteroatoms. The predicted octanol–water partition coefficient (Wildman–Crippen LogP) is 1.90. The standard InChI is InChI=1S/C14H17NO3/c1-8-3-5-10(18-15)7-11(8)13-12(16)6-4-9(2)14(13)17/h3,5,7,9,13H,4,6,15H2,1-2H3. The van der Waals surface area contributed by atoms with Gasteiger partial charge in [0.15, 0.2) is 5.78 Å². The molecule has 0 heterocycles. The van der Waals surface area contributed by atoms with Crippen LogP contribution in [0.3, 0.4) is 0 Å². The minimum atomic E-state index is -0.649. The van der Waals surface area contributed by atoms with Gasteiger partial charge < -0.3 is 4.84 Å². The number of hydrogen-bond acceptors (Lipinski definition) is 4. The fourth-order valence-corrected chi connectivity index (χ4v) is 2.42. The van der Waals surface area contributed by atoms with Crippen molar-refractivity contribution in [2.24, 2.45) is 11.8 Å². The SMILES string of the molecule is Cc1ccc(ON)cc1C1C(=O)CCC(C)C1=O. The third-order valence-corrected chi connectivity index (χ3v) is 3.61. The predicted molar refractivity (Wildman–Crippen MR) is 67.1 cm³/mol. The normalized spacial score (nSPS) is 24.2. The molecule has 1 aromatic carbocycles. The minimum Gasteiger partial charge on any atom is -0.412 e. The van der Waals surface area contributed by atoms with Crippen LogP contribution in [-0.2, 0) is 9.59 Å². The zero-order chi connectivity index (χ0) is 13.3. The largest absolute Gasteiger partial charge is 0.412 e. The van der Waals surface area contributed by atoms with Gasteiger partial charge in [0.25, 0.3) is 0 Å². The van der Waals surface area contributed by atoms with Gasteiger partial charge in [0, 0.05) is 12.3 Å². The molecule has 0 aliphatic heterocycles. The Balaban J connectivity index is 2.45. The Hall–Kier alpha value is -1.68. The number of hydrogen-bond donors (Lipinski definition) is 1. The maximum Gasteiger partial charge on any atom is 0.150 e. The molecule has 0 saturated heterocycles. The number of aryl methyl sites for hydroxylation is 1. The number of Topliss-reactive ketones (excluding diaryl/α,β-unsaturated/α-hetero) is 2. The molecule has 1 saturated carbocycles. The molecule has 0 radical (unpaired) electrons. The monoisotopic (exact) mass is 247 g/mol. The van der Waals surface area contributed by atoms with E-state index in [9.17, 15) is 9.59 Å². The highest BCUT2D eigenvalue weighted by Gasteiger charge is 2.36. The van der Waals surface area contributed by atoms with E-state index in [1.165, 1.54) is 0 Å². The molecule has 1 fully saturated rings. The van der Waals surface area contributed by atoms with Gasteiger partial charge in [0.05, 0.1) is 0 Å². The van der Waals surface area contributed by atoms with Crippen molar-refractivity contribution >= 4 is 11.6 Å². The van der Waals surface area contributed by atoms with Crippen LogP contribution < -0.4 is 10.7 Å². The van der Waals surface area contributed by atoms with E-state index in [2.05, 4.69) is 4.84 Å². The van der Waals surface area contributed by atoms with Crippen LogP contribution in [0.15, 0.2) is 18.2 Å². The Morgan fingerprint density at radius 3 is 2.72 bits per heavy atom. The van der Waals surface area contributed by atoms with Gasteiger partial charge in [-0.2, -0.15) is 5.90 Å². The van der Waals surface area contributed by atoms with Crippen LogP contribution in [0.4, 0.5) is 0 Å². The maximum absolute atomic E-state index is 12.2. The number of carbonyl (C=O) groups is 2. The van der Waals surface area contributed by atoms with E-state index in [4.69, 9.17) is 5.90 Å². The number of rotatable bonds is 2. The second-order valence-electron chi connectivity index (χ2n) is 4.88. The Morgan fingerprint density at radius 2 is 2.06 bits per heavy atom. The molecular formula is C14H17NO3. The second-order valence-corrected chi connectivity index (χ2v) is 4.88. The van der Waals surface area contributed by atoms with E-state index in [0.717, 1.165) is 11.1 Å². The lowest BCUT2D eigenvalue weighted by Gasteiger charge is -2.25. The molecule has 0 spiro atoms. The first-order valence-corrected chi connectivity index (χ1v) is 6.08. The number of benzene rings is 1. The van der Waals surface area contributed by atoms with Crippen LogP contribution in [-0.4, -0.2) is 11.6 Å². The second kappa shape index (κ2) is 4.90. The summed E-state index contributed by atoms with van der Waals surface area (Å²) in [7, 11) is 0. The maximum atomic E-state index is 12.2. The average molecular weight is 247 g/mol. The summed E-state index contributed by atoms with van der Waals surface area (Å²) in [6.45, 7) is 3.76. The molecular weight excluding hydrogens is 230 g/mol. The summed E-state index contributed by atoms with van der Waals surface area (Å²) in [5.74, 6) is 4.88. The van der Waals surface area contributed by atoms with E-state index < -0.39 is 5.92 Å². The molecule has 2 N–H and O–H groups in total. The molecule has 0 bridgehead atoms. The zero-order valence-corrected chi connectivity index (χ0v) is 10.6. The molecule has 1 aliphatic carbocycles. The Labute approximate surface area is 106 Å². The van der Waals surface area contributed by atoms with Crippen molar-refractivity contribution in [2.75, 3.05) is 0 Å². The molecule has 1 aromatic rings. The molecule has 2 unspecified atom stereocenters. The summed E-state index contributed by atoms with van der Waals surface area (Å²) >= 11 is 0. The van der Waals surface area contributed by atoms with Crippen molar-refractivity contribution in [2.45, 2.75) is 32.6 Å². The van der Waals surface area contributed by atoms with E-state index in [1.54, 1.807) is 12.1 Å².